The number of nitriles is 1. The van der Waals surface area contributed by atoms with E-state index in [1.54, 1.807) is 0 Å². The van der Waals surface area contributed by atoms with E-state index in [1.807, 2.05) is 12.1 Å². The molecule has 1 aromatic carbocycles. The number of hydrogen-bond donors (Lipinski definition) is 0. The van der Waals surface area contributed by atoms with Gasteiger partial charge in [0.05, 0.1) is 11.1 Å². The highest BCUT2D eigenvalue weighted by atomic mass is 15.1. The van der Waals surface area contributed by atoms with Crippen molar-refractivity contribution in [2.75, 3.05) is 0 Å². The Morgan fingerprint density at radius 1 is 1.32 bits per heavy atom. The second-order valence-electron chi connectivity index (χ2n) is 6.10. The molecule has 1 aromatic heterocycles. The summed E-state index contributed by atoms with van der Waals surface area (Å²) in [6, 6.07) is 8.14. The van der Waals surface area contributed by atoms with Gasteiger partial charge in [0.2, 0.25) is 0 Å². The van der Waals surface area contributed by atoms with Crippen LogP contribution in [0.2, 0.25) is 0 Å². The zero-order valence-electron chi connectivity index (χ0n) is 11.1. The van der Waals surface area contributed by atoms with Gasteiger partial charge in [0.15, 0.2) is 0 Å². The fraction of sp³-hybridized carbons (Fsp3) is 0.500. The van der Waals surface area contributed by atoms with E-state index in [9.17, 15) is 5.26 Å². The summed E-state index contributed by atoms with van der Waals surface area (Å²) in [4.78, 5) is 4.82. The monoisotopic (exact) mass is 251 g/mol. The van der Waals surface area contributed by atoms with Crippen LogP contribution in [0, 0.1) is 23.2 Å². The molecule has 0 radical (unpaired) electrons. The summed E-state index contributed by atoms with van der Waals surface area (Å²) < 4.78 is 2.21. The average molecular weight is 251 g/mol. The van der Waals surface area contributed by atoms with Crippen LogP contribution in [0.25, 0.3) is 11.0 Å². The third-order valence-electron chi connectivity index (χ3n) is 5.14. The number of benzene rings is 1. The van der Waals surface area contributed by atoms with Crippen LogP contribution in [0.1, 0.15) is 43.0 Å². The van der Waals surface area contributed by atoms with Gasteiger partial charge in [0, 0.05) is 13.0 Å². The van der Waals surface area contributed by atoms with Crippen molar-refractivity contribution in [1.82, 2.24) is 9.55 Å². The summed E-state index contributed by atoms with van der Waals surface area (Å²) in [6.07, 6.45) is 5.46. The van der Waals surface area contributed by atoms with E-state index in [0.717, 1.165) is 22.9 Å². The molecule has 0 amide bonds. The van der Waals surface area contributed by atoms with Crippen LogP contribution in [0.3, 0.4) is 0 Å². The van der Waals surface area contributed by atoms with Gasteiger partial charge < -0.3 is 4.57 Å². The second kappa shape index (κ2) is 3.84. The van der Waals surface area contributed by atoms with Gasteiger partial charge in [-0.25, -0.2) is 4.98 Å². The number of hydrogen-bond acceptors (Lipinski definition) is 2. The fourth-order valence-electron chi connectivity index (χ4n) is 4.22. The van der Waals surface area contributed by atoms with Crippen LogP contribution in [0.4, 0.5) is 0 Å². The first-order chi connectivity index (χ1) is 9.28. The molecule has 0 N–H and O–H groups in total. The normalized spacial score (nSPS) is 28.9. The molecule has 2 aromatic rings. The van der Waals surface area contributed by atoms with Crippen molar-refractivity contribution in [2.45, 2.75) is 31.6 Å². The van der Waals surface area contributed by atoms with Crippen molar-refractivity contribution in [3.63, 3.8) is 0 Å². The van der Waals surface area contributed by atoms with Crippen molar-refractivity contribution >= 4 is 11.0 Å². The topological polar surface area (TPSA) is 41.6 Å². The molecule has 2 fully saturated rings. The first kappa shape index (κ1) is 11.0. The lowest BCUT2D eigenvalue weighted by molar-refractivity contribution is 0.400. The minimum atomic E-state index is 0.614. The lowest BCUT2D eigenvalue weighted by Crippen LogP contribution is -2.13. The van der Waals surface area contributed by atoms with Gasteiger partial charge in [-0.1, -0.05) is 12.5 Å². The van der Waals surface area contributed by atoms with Crippen molar-refractivity contribution in [2.24, 2.45) is 18.9 Å². The largest absolute Gasteiger partial charge is 0.331 e. The summed E-state index contributed by atoms with van der Waals surface area (Å²) in [5.74, 6) is 3.56. The molecule has 96 valence electrons. The Hall–Kier alpha value is -1.82. The van der Waals surface area contributed by atoms with Gasteiger partial charge in [0.1, 0.15) is 17.4 Å². The highest BCUT2D eigenvalue weighted by Crippen LogP contribution is 2.52. The standard InChI is InChI=1S/C16H17N3/c1-19-14-4-2-3-12(9-17)15(14)18-16(19)13-8-10-5-6-11(13)7-10/h2-4,10-11,13H,5-8H2,1H3. The number of fused-ring (bicyclic) bond motifs is 3. The first-order valence-corrected chi connectivity index (χ1v) is 7.13. The highest BCUT2D eigenvalue weighted by molar-refractivity contribution is 5.82. The first-order valence-electron chi connectivity index (χ1n) is 7.13. The molecule has 0 spiro atoms. The molecule has 1 heterocycles. The van der Waals surface area contributed by atoms with Crippen LogP contribution in [0.5, 0.6) is 0 Å². The molecule has 3 unspecified atom stereocenters. The maximum absolute atomic E-state index is 9.21. The fourth-order valence-corrected chi connectivity index (χ4v) is 4.22. The van der Waals surface area contributed by atoms with Crippen molar-refractivity contribution in [3.05, 3.63) is 29.6 Å². The zero-order valence-corrected chi connectivity index (χ0v) is 11.1. The number of imidazole rings is 1. The predicted molar refractivity (Wildman–Crippen MR) is 73.6 cm³/mol. The Labute approximate surface area is 112 Å². The molecule has 0 aliphatic heterocycles. The van der Waals surface area contributed by atoms with Crippen molar-refractivity contribution in [1.29, 1.82) is 5.26 Å². The Bertz CT molecular complexity index is 692. The second-order valence-corrected chi connectivity index (χ2v) is 6.10. The van der Waals surface area contributed by atoms with Gasteiger partial charge in [-0.05, 0) is 43.2 Å². The lowest BCUT2D eigenvalue weighted by atomic mass is 9.88. The molecule has 4 rings (SSSR count). The average Bonchev–Trinajstić information content (AvgIpc) is 3.12. The Kier molecular flexibility index (Phi) is 2.23. The van der Waals surface area contributed by atoms with Gasteiger partial charge in [-0.3, -0.25) is 0 Å². The van der Waals surface area contributed by atoms with E-state index in [2.05, 4.69) is 23.8 Å². The number of para-hydroxylation sites is 1. The van der Waals surface area contributed by atoms with E-state index in [0.29, 0.717) is 11.5 Å². The Morgan fingerprint density at radius 2 is 2.21 bits per heavy atom. The van der Waals surface area contributed by atoms with E-state index >= 15 is 0 Å². The highest BCUT2D eigenvalue weighted by Gasteiger charge is 2.42. The molecule has 2 saturated carbocycles. The van der Waals surface area contributed by atoms with Gasteiger partial charge >= 0.3 is 0 Å². The van der Waals surface area contributed by atoms with E-state index in [4.69, 9.17) is 4.98 Å². The molecule has 3 nitrogen and oxygen atoms in total. The molecule has 19 heavy (non-hydrogen) atoms. The van der Waals surface area contributed by atoms with Crippen molar-refractivity contribution in [3.8, 4) is 6.07 Å². The van der Waals surface area contributed by atoms with E-state index in [-0.39, 0.29) is 0 Å². The molecular formula is C16H17N3. The number of rotatable bonds is 1. The minimum Gasteiger partial charge on any atom is -0.331 e. The molecule has 2 aliphatic rings. The number of aromatic nitrogens is 2. The van der Waals surface area contributed by atoms with Crippen LogP contribution < -0.4 is 0 Å². The summed E-state index contributed by atoms with van der Waals surface area (Å²) >= 11 is 0. The Balaban J connectivity index is 1.87. The van der Waals surface area contributed by atoms with Crippen LogP contribution in [-0.4, -0.2) is 9.55 Å². The summed E-state index contributed by atoms with van der Waals surface area (Å²) in [7, 11) is 2.10. The number of nitrogens with zero attached hydrogens (tertiary/aromatic N) is 3. The van der Waals surface area contributed by atoms with Crippen molar-refractivity contribution < 1.29 is 0 Å². The molecule has 3 heteroatoms. The maximum Gasteiger partial charge on any atom is 0.113 e. The number of aryl methyl sites for hydroxylation is 1. The predicted octanol–water partition coefficient (Wildman–Crippen LogP) is 3.35. The van der Waals surface area contributed by atoms with E-state index in [1.165, 1.54) is 31.5 Å². The summed E-state index contributed by atoms with van der Waals surface area (Å²) in [5.41, 5.74) is 2.67. The summed E-state index contributed by atoms with van der Waals surface area (Å²) in [5, 5.41) is 9.21. The van der Waals surface area contributed by atoms with E-state index < -0.39 is 0 Å². The summed E-state index contributed by atoms with van der Waals surface area (Å²) in [6.45, 7) is 0. The molecular weight excluding hydrogens is 234 g/mol. The quantitative estimate of drug-likeness (QED) is 0.780. The lowest BCUT2D eigenvalue weighted by Gasteiger charge is -2.21. The third-order valence-corrected chi connectivity index (χ3v) is 5.14. The smallest absolute Gasteiger partial charge is 0.113 e. The SMILES string of the molecule is Cn1c(C2CC3CCC2C3)nc2c(C#N)cccc21. The van der Waals surface area contributed by atoms with Gasteiger partial charge in [-0.2, -0.15) is 5.26 Å². The maximum atomic E-state index is 9.21. The molecule has 2 bridgehead atoms. The van der Waals surface area contributed by atoms with Crippen LogP contribution >= 0.6 is 0 Å². The molecule has 3 atom stereocenters. The van der Waals surface area contributed by atoms with Crippen LogP contribution in [-0.2, 0) is 7.05 Å². The molecule has 2 aliphatic carbocycles. The van der Waals surface area contributed by atoms with Gasteiger partial charge in [-0.15, -0.1) is 0 Å². The minimum absolute atomic E-state index is 0.614. The van der Waals surface area contributed by atoms with Crippen LogP contribution in [0.15, 0.2) is 18.2 Å². The third kappa shape index (κ3) is 1.46. The van der Waals surface area contributed by atoms with Gasteiger partial charge in [0.25, 0.3) is 0 Å². The zero-order chi connectivity index (χ0) is 13.0. The Morgan fingerprint density at radius 3 is 2.89 bits per heavy atom. The molecule has 0 saturated heterocycles.